The van der Waals surface area contributed by atoms with Crippen LogP contribution < -0.4 is 69.5 Å². The van der Waals surface area contributed by atoms with Gasteiger partial charge < -0.3 is 79.7 Å². The second kappa shape index (κ2) is 33.8. The molecule has 1 aliphatic heterocycles. The highest BCUT2D eigenvalue weighted by Gasteiger charge is 2.60. The molecule has 0 radical (unpaired) electrons. The summed E-state index contributed by atoms with van der Waals surface area (Å²) in [6, 6.07) is -5.89. The van der Waals surface area contributed by atoms with E-state index in [1.54, 1.807) is 62.4 Å². The topological polar surface area (TPSA) is 416 Å². The molecule has 1 heterocycles. The summed E-state index contributed by atoms with van der Waals surface area (Å²) in [7, 11) is 1.60. The van der Waals surface area contributed by atoms with E-state index in [0.29, 0.717) is 19.3 Å². The van der Waals surface area contributed by atoms with Crippen molar-refractivity contribution >= 4 is 70.9 Å². The first kappa shape index (κ1) is 71.7. The molecule has 27 heteroatoms. The third-order valence-corrected chi connectivity index (χ3v) is 16.3. The van der Waals surface area contributed by atoms with Crippen molar-refractivity contribution in [2.75, 3.05) is 20.3 Å². The summed E-state index contributed by atoms with van der Waals surface area (Å²) in [5, 5.41) is 52.4. The molecule has 3 rings (SSSR count). The average molecular weight is 1200 g/mol. The summed E-state index contributed by atoms with van der Waals surface area (Å²) in [4.78, 5) is 165. The summed E-state index contributed by atoms with van der Waals surface area (Å²) in [5.74, 6) is -12.8. The monoisotopic (exact) mass is 1200 g/mol. The Bertz CT molecular complexity index is 2540. The van der Waals surface area contributed by atoms with Gasteiger partial charge in [0.25, 0.3) is 0 Å². The highest BCUT2D eigenvalue weighted by Crippen LogP contribution is 2.45. The van der Waals surface area contributed by atoms with Gasteiger partial charge in [0, 0.05) is 12.3 Å². The number of aliphatic hydroxyl groups is 2. The van der Waals surface area contributed by atoms with E-state index in [4.69, 9.17) is 5.73 Å². The summed E-state index contributed by atoms with van der Waals surface area (Å²) in [6.07, 6.45) is 2.58. The van der Waals surface area contributed by atoms with Crippen molar-refractivity contribution in [2.45, 2.75) is 193 Å². The van der Waals surface area contributed by atoms with Crippen molar-refractivity contribution in [1.29, 1.82) is 0 Å². The maximum Gasteiger partial charge on any atom is 0.247 e. The van der Waals surface area contributed by atoms with Gasteiger partial charge in [0.15, 0.2) is 0 Å². The number of hydrogen-bond acceptors (Lipinski definition) is 15. The lowest BCUT2D eigenvalue weighted by Crippen LogP contribution is -2.64. The quantitative estimate of drug-likeness (QED) is 0.0335. The summed E-state index contributed by atoms with van der Waals surface area (Å²) in [5.41, 5.74) is 4.88. The number of primary amides is 1. The van der Waals surface area contributed by atoms with Gasteiger partial charge in [-0.05, 0) is 69.4 Å². The van der Waals surface area contributed by atoms with Gasteiger partial charge in [0.05, 0.1) is 25.3 Å². The lowest BCUT2D eigenvalue weighted by molar-refractivity contribution is -0.138. The van der Waals surface area contributed by atoms with Gasteiger partial charge in [0.1, 0.15) is 59.9 Å². The smallest absolute Gasteiger partial charge is 0.247 e. The van der Waals surface area contributed by atoms with Crippen LogP contribution in [0.2, 0.25) is 0 Å². The van der Waals surface area contributed by atoms with Crippen molar-refractivity contribution in [3.05, 3.63) is 48.6 Å². The van der Waals surface area contributed by atoms with Crippen LogP contribution in [0.4, 0.5) is 0 Å². The molecule has 1 aromatic carbocycles. The van der Waals surface area contributed by atoms with Gasteiger partial charge in [-0.15, -0.1) is 6.58 Å². The Morgan fingerprint density at radius 1 is 0.635 bits per heavy atom. The molecule has 1 saturated heterocycles. The fraction of sp³-hybridized carbons (Fsp3) is 0.655. The third-order valence-electron chi connectivity index (χ3n) is 16.3. The second-order valence-electron chi connectivity index (χ2n) is 22.6. The zero-order valence-electron chi connectivity index (χ0n) is 50.9. The second-order valence-corrected chi connectivity index (χ2v) is 22.6. The summed E-state index contributed by atoms with van der Waals surface area (Å²) < 4.78 is 0. The van der Waals surface area contributed by atoms with Crippen LogP contribution >= 0.6 is 0 Å². The molecular weight excluding hydrogens is 1100 g/mol. The SMILES string of the molecule is C=C[C@H]1C[C@]12NC(=O)[C@H](C)NC(=O)[C@H](NC(=O)[C@H](CO)NC(=O)[C@@H](NC(=O)[C@H](NC(=O)[C@@H](CCC(N)=O)NC(=O)[C@H](CO)NC(=O)[C@@H](NC(=O)[C@@H](Cc1ccccc1)NC)[C@@H](C)CC)[C@@H](C)CC)[C@@H](C)CC)[C@H](C)NC(=O)[C@H]([C@@H](C)CC)NC2=O. The molecule has 474 valence electrons. The number of benzene rings is 1. The van der Waals surface area contributed by atoms with Crippen LogP contribution in [0.15, 0.2) is 43.0 Å². The van der Waals surface area contributed by atoms with E-state index in [1.165, 1.54) is 19.9 Å². The molecular formula is C58H93N13O14. The Labute approximate surface area is 497 Å². The molecule has 12 amide bonds. The van der Waals surface area contributed by atoms with E-state index >= 15 is 0 Å². The Morgan fingerprint density at radius 3 is 1.56 bits per heavy atom. The zero-order chi connectivity index (χ0) is 64.0. The first-order valence-electron chi connectivity index (χ1n) is 29.3. The van der Waals surface area contributed by atoms with E-state index in [0.717, 1.165) is 5.56 Å². The van der Waals surface area contributed by atoms with Crippen molar-refractivity contribution in [1.82, 2.24) is 63.8 Å². The number of carbonyl (C=O) groups is 12. The van der Waals surface area contributed by atoms with Gasteiger partial charge in [-0.3, -0.25) is 57.5 Å². The molecule has 0 unspecified atom stereocenters. The first-order valence-corrected chi connectivity index (χ1v) is 29.3. The van der Waals surface area contributed by atoms with Gasteiger partial charge in [-0.1, -0.05) is 117 Å². The predicted molar refractivity (Wildman–Crippen MR) is 313 cm³/mol. The normalized spacial score (nSPS) is 23.7. The van der Waals surface area contributed by atoms with Gasteiger partial charge in [-0.25, -0.2) is 0 Å². The van der Waals surface area contributed by atoms with Crippen molar-refractivity contribution < 1.29 is 67.7 Å². The third kappa shape index (κ3) is 20.0. The number of hydrogen-bond donors (Lipinski definition) is 15. The Morgan fingerprint density at radius 2 is 1.11 bits per heavy atom. The Hall–Kier alpha value is -7.52. The fourth-order valence-electron chi connectivity index (χ4n) is 9.54. The number of amides is 12. The molecule has 2 aliphatic rings. The number of carbonyl (C=O) groups excluding carboxylic acids is 12. The van der Waals surface area contributed by atoms with Crippen LogP contribution in [0.5, 0.6) is 0 Å². The maximum absolute atomic E-state index is 14.4. The molecule has 85 heavy (non-hydrogen) atoms. The fourth-order valence-corrected chi connectivity index (χ4v) is 9.54. The maximum atomic E-state index is 14.4. The number of aliphatic hydroxyl groups excluding tert-OH is 2. The van der Waals surface area contributed by atoms with Crippen LogP contribution in [0.3, 0.4) is 0 Å². The van der Waals surface area contributed by atoms with Crippen molar-refractivity contribution in [2.24, 2.45) is 35.3 Å². The molecule has 1 aliphatic carbocycles. The standard InChI is InChI=1S/C58H93N13O14/c1-13-29(6)42(67-49(77)38(60-12)25-35-21-19-18-20-22-35)53(81)64-39(27-72)50(78)63-37(23-24-41(59)74)48(76)66-44(31(8)15-3)55(83)68-43(30(7)14-2)54(82)65-40(28-73)51(79)69-46-33(10)61-52(80)45(32(9)16-4)70-57(85)58(26-36(58)17-5)71-47(75)34(11)62-56(46)84/h17-22,29-34,36-40,42-46,60,72-73H,5,13-16,23-28H2,1-4,6-12H3,(H2,59,74)(H,61,80)(H,62,84)(H,63,78)(H,64,81)(H,65,82)(H,66,76)(H,67,77)(H,68,83)(H,69,79)(H,70,85)(H,71,75)/t29-,30-,31-,32-,33-,34-,36-,37+,38+,39-,40-,42-,43-,44+,45-,46+,58-/m0/s1. The van der Waals surface area contributed by atoms with Crippen LogP contribution in [0.1, 0.15) is 120 Å². The molecule has 0 aromatic heterocycles. The molecule has 27 nitrogen and oxygen atoms in total. The minimum absolute atomic E-state index is 0.197. The van der Waals surface area contributed by atoms with E-state index in [-0.39, 0.29) is 19.3 Å². The van der Waals surface area contributed by atoms with E-state index in [9.17, 15) is 67.7 Å². The van der Waals surface area contributed by atoms with Crippen LogP contribution in [-0.2, 0) is 64.0 Å². The Kier molecular flexibility index (Phi) is 28.6. The summed E-state index contributed by atoms with van der Waals surface area (Å²) in [6.45, 7) is 18.2. The van der Waals surface area contributed by atoms with Gasteiger partial charge >= 0.3 is 0 Å². The molecule has 17 atom stereocenters. The first-order chi connectivity index (χ1) is 40.1. The largest absolute Gasteiger partial charge is 0.394 e. The molecule has 16 N–H and O–H groups in total. The van der Waals surface area contributed by atoms with Gasteiger partial charge in [-0.2, -0.15) is 0 Å². The van der Waals surface area contributed by atoms with Crippen LogP contribution in [0.25, 0.3) is 0 Å². The van der Waals surface area contributed by atoms with Crippen molar-refractivity contribution in [3.63, 3.8) is 0 Å². The molecule has 2 fully saturated rings. The van der Waals surface area contributed by atoms with Crippen LogP contribution in [0, 0.1) is 29.6 Å². The minimum atomic E-state index is -1.78. The average Bonchev–Trinajstić information content (AvgIpc) is 2.26. The molecule has 1 spiro atoms. The molecule has 1 saturated carbocycles. The highest BCUT2D eigenvalue weighted by molar-refractivity contribution is 6.02. The Balaban J connectivity index is 1.85. The predicted octanol–water partition coefficient (Wildman–Crippen LogP) is -2.79. The number of rotatable bonds is 31. The minimum Gasteiger partial charge on any atom is -0.394 e. The van der Waals surface area contributed by atoms with E-state index in [2.05, 4.69) is 70.4 Å². The van der Waals surface area contributed by atoms with Gasteiger partial charge in [0.2, 0.25) is 70.9 Å². The number of nitrogens with two attached hydrogens (primary N) is 1. The lowest BCUT2D eigenvalue weighted by Gasteiger charge is -2.32. The highest BCUT2D eigenvalue weighted by atomic mass is 16.3. The van der Waals surface area contributed by atoms with E-state index in [1.807, 2.05) is 30.3 Å². The summed E-state index contributed by atoms with van der Waals surface area (Å²) >= 11 is 0. The number of nitrogens with one attached hydrogen (secondary N) is 12. The van der Waals surface area contributed by atoms with E-state index < -0.39 is 199 Å². The molecule has 0 bridgehead atoms. The van der Waals surface area contributed by atoms with Crippen LogP contribution in [-0.4, -0.2) is 173 Å². The lowest BCUT2D eigenvalue weighted by atomic mass is 9.94. The number of likely N-dealkylation sites (N-methyl/N-ethyl adjacent to an activating group) is 1. The van der Waals surface area contributed by atoms with Crippen molar-refractivity contribution in [3.8, 4) is 0 Å². The zero-order valence-corrected chi connectivity index (χ0v) is 50.9. The molecule has 1 aromatic rings.